The lowest BCUT2D eigenvalue weighted by Gasteiger charge is -2.19. The van der Waals surface area contributed by atoms with Gasteiger partial charge in [0.1, 0.15) is 0 Å². The fourth-order valence-corrected chi connectivity index (χ4v) is 4.21. The molecule has 0 bridgehead atoms. The van der Waals surface area contributed by atoms with E-state index in [-0.39, 0.29) is 24.7 Å². The Bertz CT molecular complexity index is 936. The number of carbonyl (C=O) groups excluding carboxylic acids is 1. The molecule has 0 aliphatic carbocycles. The van der Waals surface area contributed by atoms with E-state index in [1.54, 1.807) is 16.0 Å². The molecular weight excluding hydrogens is 408 g/mol. The van der Waals surface area contributed by atoms with Gasteiger partial charge < -0.3 is 5.32 Å². The number of aryl methyl sites for hydroxylation is 1. The van der Waals surface area contributed by atoms with Crippen LogP contribution in [0.2, 0.25) is 0 Å². The first-order chi connectivity index (χ1) is 13.7. The molecule has 1 aliphatic heterocycles. The van der Waals surface area contributed by atoms with Crippen LogP contribution in [0.3, 0.4) is 0 Å². The van der Waals surface area contributed by atoms with E-state index < -0.39 is 0 Å². The van der Waals surface area contributed by atoms with E-state index in [4.69, 9.17) is 0 Å². The van der Waals surface area contributed by atoms with Gasteiger partial charge in [-0.05, 0) is 31.5 Å². The fourth-order valence-electron chi connectivity index (χ4n) is 3.38. The van der Waals surface area contributed by atoms with Crippen LogP contribution in [0.15, 0.2) is 35.7 Å². The maximum Gasteiger partial charge on any atom is 0.232 e. The summed E-state index contributed by atoms with van der Waals surface area (Å²) in [6, 6.07) is 10.2. The topological polar surface area (TPSA) is 84.7 Å². The zero-order valence-electron chi connectivity index (χ0n) is 16.3. The molecule has 3 aromatic rings. The maximum atomic E-state index is 12.4. The van der Waals surface area contributed by atoms with E-state index in [1.807, 2.05) is 30.6 Å². The summed E-state index contributed by atoms with van der Waals surface area (Å²) < 4.78 is 1.65. The van der Waals surface area contributed by atoms with Gasteiger partial charge in [0, 0.05) is 24.8 Å². The van der Waals surface area contributed by atoms with Crippen molar-refractivity contribution in [3.63, 3.8) is 0 Å². The van der Waals surface area contributed by atoms with Gasteiger partial charge in [-0.2, -0.15) is 10.1 Å². The van der Waals surface area contributed by atoms with Crippen LogP contribution in [0.4, 0.5) is 5.95 Å². The second-order valence-corrected chi connectivity index (χ2v) is 8.00. The quantitative estimate of drug-likeness (QED) is 0.625. The highest BCUT2D eigenvalue weighted by Crippen LogP contribution is 2.23. The van der Waals surface area contributed by atoms with Gasteiger partial charge in [0.05, 0.1) is 17.1 Å². The zero-order chi connectivity index (χ0) is 19.3. The summed E-state index contributed by atoms with van der Waals surface area (Å²) in [6.45, 7) is 1.97. The number of hydrogen-bond donors (Lipinski definition) is 2. The Balaban J connectivity index is 0.00000240. The molecule has 2 aromatic heterocycles. The minimum atomic E-state index is -0.121. The molecule has 1 amide bonds. The van der Waals surface area contributed by atoms with Crippen LogP contribution in [0.1, 0.15) is 40.8 Å². The van der Waals surface area contributed by atoms with Crippen molar-refractivity contribution in [2.45, 2.75) is 31.6 Å². The highest BCUT2D eigenvalue weighted by molar-refractivity contribution is 7.09. The molecule has 1 aliphatic rings. The summed E-state index contributed by atoms with van der Waals surface area (Å²) in [5.41, 5.74) is 2.01. The molecule has 7 nitrogen and oxygen atoms in total. The number of nitrogens with zero attached hydrogens (tertiary/aromatic N) is 4. The first-order valence-corrected chi connectivity index (χ1v) is 10.4. The molecule has 9 heteroatoms. The van der Waals surface area contributed by atoms with Crippen LogP contribution in [0, 0.1) is 0 Å². The van der Waals surface area contributed by atoms with Gasteiger partial charge in [-0.15, -0.1) is 23.7 Å². The number of amides is 1. The number of piperidine rings is 1. The summed E-state index contributed by atoms with van der Waals surface area (Å²) in [6.07, 6.45) is 3.08. The van der Waals surface area contributed by atoms with Crippen LogP contribution in [0.5, 0.6) is 0 Å². The first-order valence-electron chi connectivity index (χ1n) is 9.56. The van der Waals surface area contributed by atoms with Crippen molar-refractivity contribution in [2.24, 2.45) is 7.05 Å². The molecule has 0 radical (unpaired) electrons. The number of rotatable bonds is 6. The van der Waals surface area contributed by atoms with Crippen molar-refractivity contribution in [1.82, 2.24) is 25.1 Å². The number of halogens is 1. The average Bonchev–Trinajstić information content (AvgIpc) is 3.30. The van der Waals surface area contributed by atoms with Gasteiger partial charge in [0.2, 0.25) is 11.9 Å². The standard InChI is InChI=1S/C20H24N6OS.ClH/c1-26-20(24-19(25-26)15-7-9-21-10-8-15)23-17(27)12-16-13-28-18(22-16)11-14-5-3-2-4-6-14;/h2-6,13,15,21H,7-12H2,1H3,(H,23,24,25,27);1H. The third-order valence-corrected chi connectivity index (χ3v) is 5.77. The second-order valence-electron chi connectivity index (χ2n) is 7.06. The van der Waals surface area contributed by atoms with Gasteiger partial charge in [-0.25, -0.2) is 9.67 Å². The van der Waals surface area contributed by atoms with E-state index in [1.165, 1.54) is 5.56 Å². The molecule has 29 heavy (non-hydrogen) atoms. The number of aromatic nitrogens is 4. The molecule has 4 rings (SSSR count). The molecule has 1 aromatic carbocycles. The molecule has 0 saturated carbocycles. The predicted molar refractivity (Wildman–Crippen MR) is 117 cm³/mol. The smallest absolute Gasteiger partial charge is 0.232 e. The normalized spacial score (nSPS) is 14.4. The lowest BCUT2D eigenvalue weighted by atomic mass is 9.98. The van der Waals surface area contributed by atoms with Crippen LogP contribution >= 0.6 is 23.7 Å². The second kappa shape index (κ2) is 9.96. The Labute approximate surface area is 180 Å². The van der Waals surface area contributed by atoms with Crippen LogP contribution in [0.25, 0.3) is 0 Å². The molecule has 1 saturated heterocycles. The van der Waals surface area contributed by atoms with Gasteiger partial charge in [-0.3, -0.25) is 10.1 Å². The zero-order valence-corrected chi connectivity index (χ0v) is 17.9. The average molecular weight is 433 g/mol. The van der Waals surface area contributed by atoms with Crippen molar-refractivity contribution >= 4 is 35.6 Å². The Morgan fingerprint density at radius 2 is 2.00 bits per heavy atom. The Hall–Kier alpha value is -2.29. The van der Waals surface area contributed by atoms with Crippen molar-refractivity contribution in [3.8, 4) is 0 Å². The summed E-state index contributed by atoms with van der Waals surface area (Å²) in [7, 11) is 1.81. The van der Waals surface area contributed by atoms with E-state index in [0.717, 1.165) is 48.9 Å². The predicted octanol–water partition coefficient (Wildman–Crippen LogP) is 2.93. The van der Waals surface area contributed by atoms with Crippen LogP contribution in [-0.4, -0.2) is 38.7 Å². The summed E-state index contributed by atoms with van der Waals surface area (Å²) in [5, 5.41) is 13.7. The fraction of sp³-hybridized carbons (Fsp3) is 0.400. The highest BCUT2D eigenvalue weighted by Gasteiger charge is 2.21. The van der Waals surface area contributed by atoms with Crippen molar-refractivity contribution in [1.29, 1.82) is 0 Å². The number of benzene rings is 1. The SMILES string of the molecule is Cl.Cn1nc(C2CCNCC2)nc1NC(=O)Cc1csc(Cc2ccccc2)n1. The minimum absolute atomic E-state index is 0. The molecule has 154 valence electrons. The molecule has 0 atom stereocenters. The summed E-state index contributed by atoms with van der Waals surface area (Å²) in [5.74, 6) is 1.55. The van der Waals surface area contributed by atoms with Gasteiger partial charge >= 0.3 is 0 Å². The lowest BCUT2D eigenvalue weighted by molar-refractivity contribution is -0.115. The molecule has 2 N–H and O–H groups in total. The third kappa shape index (κ3) is 5.62. The Morgan fingerprint density at radius 3 is 2.76 bits per heavy atom. The monoisotopic (exact) mass is 432 g/mol. The van der Waals surface area contributed by atoms with E-state index in [2.05, 4.69) is 37.8 Å². The van der Waals surface area contributed by atoms with Gasteiger partial charge in [0.15, 0.2) is 5.82 Å². The third-order valence-electron chi connectivity index (χ3n) is 4.87. The number of carbonyl (C=O) groups is 1. The largest absolute Gasteiger partial charge is 0.317 e. The Kier molecular flexibility index (Phi) is 7.35. The highest BCUT2D eigenvalue weighted by atomic mass is 35.5. The van der Waals surface area contributed by atoms with Gasteiger partial charge in [-0.1, -0.05) is 30.3 Å². The van der Waals surface area contributed by atoms with E-state index >= 15 is 0 Å². The maximum absolute atomic E-state index is 12.4. The molecule has 3 heterocycles. The minimum Gasteiger partial charge on any atom is -0.317 e. The van der Waals surface area contributed by atoms with Crippen molar-refractivity contribution in [2.75, 3.05) is 18.4 Å². The van der Waals surface area contributed by atoms with Crippen molar-refractivity contribution < 1.29 is 4.79 Å². The number of nitrogens with one attached hydrogen (secondary N) is 2. The first kappa shape index (κ1) is 21.4. The number of hydrogen-bond acceptors (Lipinski definition) is 6. The van der Waals surface area contributed by atoms with Crippen LogP contribution < -0.4 is 10.6 Å². The van der Waals surface area contributed by atoms with Gasteiger partial charge in [0.25, 0.3) is 0 Å². The van der Waals surface area contributed by atoms with Crippen LogP contribution in [-0.2, 0) is 24.7 Å². The number of anilines is 1. The van der Waals surface area contributed by atoms with E-state index in [0.29, 0.717) is 11.9 Å². The lowest BCUT2D eigenvalue weighted by Crippen LogP contribution is -2.27. The molecule has 0 unspecified atom stereocenters. The summed E-state index contributed by atoms with van der Waals surface area (Å²) in [4.78, 5) is 21.6. The van der Waals surface area contributed by atoms with Crippen molar-refractivity contribution in [3.05, 3.63) is 57.8 Å². The summed E-state index contributed by atoms with van der Waals surface area (Å²) >= 11 is 1.59. The molecule has 1 fully saturated rings. The van der Waals surface area contributed by atoms with E-state index in [9.17, 15) is 4.79 Å². The number of thiazole rings is 1. The molecule has 0 spiro atoms. The molecular formula is C20H25ClN6OS. The Morgan fingerprint density at radius 1 is 1.24 bits per heavy atom.